The molecule has 0 aromatic carbocycles. The van der Waals surface area contributed by atoms with Gasteiger partial charge in [0.15, 0.2) is 0 Å². The minimum absolute atomic E-state index is 0.334. The van der Waals surface area contributed by atoms with Gasteiger partial charge in [-0.3, -0.25) is 9.59 Å². The first kappa shape index (κ1) is 14.7. The molecule has 102 valence electrons. The summed E-state index contributed by atoms with van der Waals surface area (Å²) in [6.07, 6.45) is 4.82. The van der Waals surface area contributed by atoms with Crippen LogP contribution in [-0.2, 0) is 19.1 Å². The minimum atomic E-state index is -0.729. The minimum Gasteiger partial charge on any atom is -0.458 e. The smallest absolute Gasteiger partial charge is 0.303 e. The number of hydrogen-bond acceptors (Lipinski definition) is 4. The van der Waals surface area contributed by atoms with E-state index < -0.39 is 5.60 Å². The summed E-state index contributed by atoms with van der Waals surface area (Å²) >= 11 is 0. The normalized spacial score (nSPS) is 28.7. The van der Waals surface area contributed by atoms with Crippen LogP contribution in [0.2, 0.25) is 0 Å². The quantitative estimate of drug-likeness (QED) is 0.561. The highest BCUT2D eigenvalue weighted by molar-refractivity contribution is 5.67. The summed E-state index contributed by atoms with van der Waals surface area (Å²) in [5, 5.41) is 0. The first-order valence-corrected chi connectivity index (χ1v) is 6.36. The fourth-order valence-corrected chi connectivity index (χ4v) is 2.32. The van der Waals surface area contributed by atoms with Gasteiger partial charge in [0.25, 0.3) is 0 Å². The standard InChI is InChI=1S/C14H22O4/c1-10-6-5-7-13(17-11(2)15)14(4,9-8-10)18-12(3)16/h6,13H,5,7-9H2,1-4H3. The molecule has 0 aliphatic heterocycles. The summed E-state index contributed by atoms with van der Waals surface area (Å²) in [5.41, 5.74) is 0.558. The molecule has 4 heteroatoms. The molecule has 1 aliphatic carbocycles. The van der Waals surface area contributed by atoms with Crippen molar-refractivity contribution in [2.45, 2.75) is 65.1 Å². The van der Waals surface area contributed by atoms with Crippen molar-refractivity contribution in [3.63, 3.8) is 0 Å². The molecule has 0 aromatic rings. The van der Waals surface area contributed by atoms with Gasteiger partial charge in [0.1, 0.15) is 11.7 Å². The van der Waals surface area contributed by atoms with E-state index in [1.54, 1.807) is 0 Å². The molecule has 1 rings (SSSR count). The third-order valence-electron chi connectivity index (χ3n) is 3.30. The summed E-state index contributed by atoms with van der Waals surface area (Å²) in [5.74, 6) is -0.670. The molecular weight excluding hydrogens is 232 g/mol. The van der Waals surface area contributed by atoms with Crippen LogP contribution in [0.5, 0.6) is 0 Å². The highest BCUT2D eigenvalue weighted by atomic mass is 16.6. The van der Waals surface area contributed by atoms with Crippen LogP contribution < -0.4 is 0 Å². The fourth-order valence-electron chi connectivity index (χ4n) is 2.32. The van der Waals surface area contributed by atoms with Crippen molar-refractivity contribution >= 4 is 11.9 Å². The highest BCUT2D eigenvalue weighted by Gasteiger charge is 2.39. The maximum atomic E-state index is 11.3. The average molecular weight is 254 g/mol. The van der Waals surface area contributed by atoms with Gasteiger partial charge in [0.2, 0.25) is 0 Å². The van der Waals surface area contributed by atoms with E-state index in [0.717, 1.165) is 12.8 Å². The predicted octanol–water partition coefficient (Wildman–Crippen LogP) is 2.76. The van der Waals surface area contributed by atoms with Gasteiger partial charge in [-0.25, -0.2) is 0 Å². The zero-order valence-electron chi connectivity index (χ0n) is 11.6. The van der Waals surface area contributed by atoms with Crippen LogP contribution in [0.1, 0.15) is 53.4 Å². The second-order valence-electron chi connectivity index (χ2n) is 5.13. The van der Waals surface area contributed by atoms with Crippen molar-refractivity contribution in [3.8, 4) is 0 Å². The van der Waals surface area contributed by atoms with Gasteiger partial charge < -0.3 is 9.47 Å². The van der Waals surface area contributed by atoms with Gasteiger partial charge in [-0.15, -0.1) is 0 Å². The van der Waals surface area contributed by atoms with E-state index in [1.807, 2.05) is 6.92 Å². The molecule has 0 amide bonds. The van der Waals surface area contributed by atoms with E-state index in [2.05, 4.69) is 13.0 Å². The molecule has 0 radical (unpaired) electrons. The summed E-state index contributed by atoms with van der Waals surface area (Å²) < 4.78 is 10.8. The van der Waals surface area contributed by atoms with Crippen LogP contribution in [0.3, 0.4) is 0 Å². The number of hydrogen-bond donors (Lipinski definition) is 0. The molecule has 0 N–H and O–H groups in total. The van der Waals surface area contributed by atoms with E-state index in [9.17, 15) is 9.59 Å². The van der Waals surface area contributed by atoms with Crippen molar-refractivity contribution in [3.05, 3.63) is 11.6 Å². The molecule has 0 heterocycles. The van der Waals surface area contributed by atoms with Crippen LogP contribution in [0.4, 0.5) is 0 Å². The summed E-state index contributed by atoms with van der Waals surface area (Å²) in [7, 11) is 0. The first-order chi connectivity index (χ1) is 8.33. The second-order valence-corrected chi connectivity index (χ2v) is 5.13. The van der Waals surface area contributed by atoms with Crippen molar-refractivity contribution in [1.29, 1.82) is 0 Å². The Labute approximate surface area is 108 Å². The highest BCUT2D eigenvalue weighted by Crippen LogP contribution is 2.32. The lowest BCUT2D eigenvalue weighted by atomic mass is 9.86. The molecule has 0 spiro atoms. The lowest BCUT2D eigenvalue weighted by Gasteiger charge is -2.37. The number of allylic oxidation sites excluding steroid dienone is 2. The number of esters is 2. The van der Waals surface area contributed by atoms with E-state index in [-0.39, 0.29) is 18.0 Å². The maximum absolute atomic E-state index is 11.3. The van der Waals surface area contributed by atoms with Gasteiger partial charge in [-0.05, 0) is 39.5 Å². The van der Waals surface area contributed by atoms with Crippen molar-refractivity contribution in [1.82, 2.24) is 0 Å². The van der Waals surface area contributed by atoms with Gasteiger partial charge >= 0.3 is 11.9 Å². The third kappa shape index (κ3) is 4.17. The average Bonchev–Trinajstić information content (AvgIpc) is 2.22. The molecular formula is C14H22O4. The van der Waals surface area contributed by atoms with E-state index in [1.165, 1.54) is 19.4 Å². The van der Waals surface area contributed by atoms with Gasteiger partial charge in [-0.2, -0.15) is 0 Å². The monoisotopic (exact) mass is 254 g/mol. The fraction of sp³-hybridized carbons (Fsp3) is 0.714. The largest absolute Gasteiger partial charge is 0.458 e. The molecule has 1 aliphatic rings. The lowest BCUT2D eigenvalue weighted by molar-refractivity contribution is -0.183. The van der Waals surface area contributed by atoms with E-state index in [0.29, 0.717) is 12.8 Å². The molecule has 0 bridgehead atoms. The Morgan fingerprint density at radius 1 is 1.33 bits per heavy atom. The molecule has 0 fully saturated rings. The first-order valence-electron chi connectivity index (χ1n) is 6.36. The molecule has 2 atom stereocenters. The Balaban J connectivity index is 2.91. The van der Waals surface area contributed by atoms with Gasteiger partial charge in [0, 0.05) is 13.8 Å². The molecule has 0 saturated carbocycles. The van der Waals surface area contributed by atoms with Crippen LogP contribution >= 0.6 is 0 Å². The summed E-state index contributed by atoms with van der Waals surface area (Å²) in [4.78, 5) is 22.4. The number of rotatable bonds is 2. The Bertz CT molecular complexity index is 359. The van der Waals surface area contributed by atoms with Crippen LogP contribution in [0.25, 0.3) is 0 Å². The second kappa shape index (κ2) is 6.03. The number of carbonyl (C=O) groups is 2. The maximum Gasteiger partial charge on any atom is 0.303 e. The molecule has 4 nitrogen and oxygen atoms in total. The van der Waals surface area contributed by atoms with Gasteiger partial charge in [0.05, 0.1) is 0 Å². The van der Waals surface area contributed by atoms with E-state index >= 15 is 0 Å². The SMILES string of the molecule is CC(=O)OC1CCC=C(C)CCC1(C)OC(C)=O. The Kier molecular flexibility index (Phi) is 4.93. The third-order valence-corrected chi connectivity index (χ3v) is 3.30. The Hall–Kier alpha value is -1.32. The zero-order valence-corrected chi connectivity index (χ0v) is 11.6. The predicted molar refractivity (Wildman–Crippen MR) is 68.0 cm³/mol. The molecule has 0 saturated heterocycles. The van der Waals surface area contributed by atoms with Crippen LogP contribution in [0.15, 0.2) is 11.6 Å². The van der Waals surface area contributed by atoms with E-state index in [4.69, 9.17) is 9.47 Å². The van der Waals surface area contributed by atoms with Crippen molar-refractivity contribution in [2.24, 2.45) is 0 Å². The molecule has 18 heavy (non-hydrogen) atoms. The van der Waals surface area contributed by atoms with Crippen LogP contribution in [0, 0.1) is 0 Å². The zero-order chi connectivity index (χ0) is 13.8. The van der Waals surface area contributed by atoms with Crippen molar-refractivity contribution in [2.75, 3.05) is 0 Å². The summed E-state index contributed by atoms with van der Waals surface area (Å²) in [6.45, 7) is 6.69. The van der Waals surface area contributed by atoms with Crippen molar-refractivity contribution < 1.29 is 19.1 Å². The Morgan fingerprint density at radius 2 is 2.00 bits per heavy atom. The van der Waals surface area contributed by atoms with Crippen LogP contribution in [-0.4, -0.2) is 23.6 Å². The topological polar surface area (TPSA) is 52.6 Å². The van der Waals surface area contributed by atoms with Gasteiger partial charge in [-0.1, -0.05) is 11.6 Å². The lowest BCUT2D eigenvalue weighted by Crippen LogP contribution is -2.46. The number of ether oxygens (including phenoxy) is 2. The Morgan fingerprint density at radius 3 is 2.56 bits per heavy atom. The molecule has 0 aromatic heterocycles. The number of carbonyl (C=O) groups excluding carboxylic acids is 2. The summed E-state index contributed by atoms with van der Waals surface area (Å²) in [6, 6.07) is 0. The molecule has 2 unspecified atom stereocenters.